The second-order valence-corrected chi connectivity index (χ2v) is 23.1. The lowest BCUT2D eigenvalue weighted by molar-refractivity contribution is 0.661. The maximum atomic E-state index is 2.57. The predicted molar refractivity (Wildman–Crippen MR) is 339 cm³/mol. The highest BCUT2D eigenvalue weighted by Crippen LogP contribution is 2.60. The number of para-hydroxylation sites is 1. The number of aromatic nitrogens is 1. The Balaban J connectivity index is 0.822. The average molecular weight is 1030 g/mol. The van der Waals surface area contributed by atoms with E-state index in [2.05, 4.69) is 304 Å². The van der Waals surface area contributed by atoms with Crippen LogP contribution >= 0.6 is 0 Å². The van der Waals surface area contributed by atoms with E-state index in [0.717, 1.165) is 0 Å². The van der Waals surface area contributed by atoms with E-state index in [1.165, 1.54) is 161 Å². The molecule has 0 saturated heterocycles. The highest BCUT2D eigenvalue weighted by atomic mass is 15.0. The third-order valence-corrected chi connectivity index (χ3v) is 18.6. The second kappa shape index (κ2) is 17.2. The Labute approximate surface area is 472 Å². The molecule has 3 aliphatic rings. The Kier molecular flexibility index (Phi) is 9.75. The average Bonchev–Trinajstić information content (AvgIpc) is 2.92. The molecule has 0 unspecified atom stereocenters. The molecule has 2 heterocycles. The van der Waals surface area contributed by atoms with E-state index in [-0.39, 0.29) is 5.41 Å². The molecule has 1 heteroatoms. The summed E-state index contributed by atoms with van der Waals surface area (Å²) < 4.78 is 2.57. The van der Waals surface area contributed by atoms with E-state index in [4.69, 9.17) is 0 Å². The van der Waals surface area contributed by atoms with Gasteiger partial charge in [-0.3, -0.25) is 0 Å². The van der Waals surface area contributed by atoms with Gasteiger partial charge in [-0.05, 0) is 165 Å². The summed E-state index contributed by atoms with van der Waals surface area (Å²) in [6, 6.07) is 107. The van der Waals surface area contributed by atoms with Crippen molar-refractivity contribution in [1.82, 2.24) is 4.57 Å². The topological polar surface area (TPSA) is 4.93 Å². The van der Waals surface area contributed by atoms with Crippen LogP contribution in [0.3, 0.4) is 0 Å². The van der Waals surface area contributed by atoms with Gasteiger partial charge < -0.3 is 4.57 Å². The summed E-state index contributed by atoms with van der Waals surface area (Å²) in [4.78, 5) is 0. The zero-order valence-electron chi connectivity index (χ0n) is 45.1. The summed E-state index contributed by atoms with van der Waals surface area (Å²) in [6.45, 7) is 4.81. The Morgan fingerprint density at radius 3 is 1.56 bits per heavy atom. The third kappa shape index (κ3) is 6.49. The molecule has 1 aliphatic heterocycles. The number of rotatable bonds is 7. The smallest absolute Gasteiger partial charge is 0.0713 e. The molecule has 0 atom stereocenters. The summed E-state index contributed by atoms with van der Waals surface area (Å²) in [7, 11) is 0. The SMILES string of the molecule is CC1(C)c2cccc3c2-c2c1ccc1c4ccccc4n(c21)-c1cccc(-c2ccc(-c4ccccc4-c4cc(-c5ccc6c(c5)-c5ccccc5C6(c5ccccc5)c5ccccc5)cc(-c5ccc6ccccc6c5)c4)cc2)c1-3. The van der Waals surface area contributed by atoms with Gasteiger partial charge in [-0.15, -0.1) is 0 Å². The first-order valence-electron chi connectivity index (χ1n) is 28.5. The molecule has 0 spiro atoms. The van der Waals surface area contributed by atoms with Crippen LogP contribution in [0.2, 0.25) is 0 Å². The molecule has 14 aromatic rings. The molecular weight excluding hydrogens is 975 g/mol. The lowest BCUT2D eigenvalue weighted by Gasteiger charge is -2.33. The van der Waals surface area contributed by atoms with Crippen molar-refractivity contribution < 1.29 is 0 Å². The third-order valence-electron chi connectivity index (χ3n) is 18.6. The van der Waals surface area contributed by atoms with Crippen LogP contribution in [0.1, 0.15) is 47.2 Å². The molecule has 13 aromatic carbocycles. The zero-order valence-corrected chi connectivity index (χ0v) is 45.1. The van der Waals surface area contributed by atoms with Gasteiger partial charge in [0, 0.05) is 27.3 Å². The van der Waals surface area contributed by atoms with Crippen LogP contribution in [-0.4, -0.2) is 4.57 Å². The Morgan fingerprint density at radius 2 is 0.790 bits per heavy atom. The van der Waals surface area contributed by atoms with E-state index in [9.17, 15) is 0 Å². The van der Waals surface area contributed by atoms with Crippen molar-refractivity contribution in [3.8, 4) is 94.7 Å². The van der Waals surface area contributed by atoms with Gasteiger partial charge in [0.25, 0.3) is 0 Å². The summed E-state index contributed by atoms with van der Waals surface area (Å²) in [5, 5.41) is 5.07. The van der Waals surface area contributed by atoms with E-state index in [1.54, 1.807) is 0 Å². The highest BCUT2D eigenvalue weighted by Gasteiger charge is 2.46. The van der Waals surface area contributed by atoms with Crippen molar-refractivity contribution in [2.45, 2.75) is 24.7 Å². The minimum absolute atomic E-state index is 0.126. The largest absolute Gasteiger partial charge is 0.308 e. The van der Waals surface area contributed by atoms with Crippen LogP contribution in [0.15, 0.2) is 285 Å². The van der Waals surface area contributed by atoms with Gasteiger partial charge in [0.15, 0.2) is 0 Å². The first-order chi connectivity index (χ1) is 39.9. The molecule has 1 aromatic heterocycles. The number of hydrogen-bond donors (Lipinski definition) is 0. The standard InChI is InChI=1S/C80H53N/c1-79(2)71-32-17-30-67-75-63(29-18-34-74(75)81-73-33-16-14-28-65(73)66-42-44-72(79)77(76(67)71)78(66)81)52-38-36-51(37-39-52)61-25-11-12-26-62(61)58-47-56(54-40-35-50-19-9-10-20-53(50)45-54)46-57(48-58)55-41-43-70-68(49-55)64-27-13-15-31-69(64)80(70,59-21-5-3-6-22-59)60-23-7-4-8-24-60/h3-49H,1-2H3. The summed E-state index contributed by atoms with van der Waals surface area (Å²) in [5.74, 6) is 0. The maximum Gasteiger partial charge on any atom is 0.0713 e. The van der Waals surface area contributed by atoms with Crippen molar-refractivity contribution in [1.29, 1.82) is 0 Å². The first kappa shape index (κ1) is 45.9. The number of benzene rings is 13. The van der Waals surface area contributed by atoms with E-state index in [0.29, 0.717) is 0 Å². The maximum absolute atomic E-state index is 2.57. The van der Waals surface area contributed by atoms with Crippen LogP contribution < -0.4 is 0 Å². The van der Waals surface area contributed by atoms with Crippen LogP contribution in [0, 0.1) is 0 Å². The Bertz CT molecular complexity index is 4900. The van der Waals surface area contributed by atoms with Crippen LogP contribution in [0.5, 0.6) is 0 Å². The molecule has 1 nitrogen and oxygen atoms in total. The van der Waals surface area contributed by atoms with E-state index in [1.807, 2.05) is 0 Å². The van der Waals surface area contributed by atoms with Crippen molar-refractivity contribution in [2.75, 3.05) is 0 Å². The number of hydrogen-bond acceptors (Lipinski definition) is 0. The van der Waals surface area contributed by atoms with Gasteiger partial charge in [0.1, 0.15) is 0 Å². The fourth-order valence-electron chi connectivity index (χ4n) is 15.0. The molecule has 0 N–H and O–H groups in total. The molecular formula is C80H53N. The quantitative estimate of drug-likeness (QED) is 0.150. The van der Waals surface area contributed by atoms with Crippen molar-refractivity contribution in [3.63, 3.8) is 0 Å². The van der Waals surface area contributed by atoms with Gasteiger partial charge in [-0.2, -0.15) is 0 Å². The van der Waals surface area contributed by atoms with Crippen LogP contribution in [-0.2, 0) is 10.8 Å². The fraction of sp³-hybridized carbons (Fsp3) is 0.0500. The molecule has 0 bridgehead atoms. The van der Waals surface area contributed by atoms with Crippen molar-refractivity contribution >= 4 is 32.6 Å². The minimum atomic E-state index is -0.461. The van der Waals surface area contributed by atoms with Gasteiger partial charge in [-0.1, -0.05) is 257 Å². The van der Waals surface area contributed by atoms with Crippen LogP contribution in [0.25, 0.3) is 127 Å². The van der Waals surface area contributed by atoms with Crippen LogP contribution in [0.4, 0.5) is 0 Å². The summed E-state index contributed by atoms with van der Waals surface area (Å²) >= 11 is 0. The van der Waals surface area contributed by atoms with E-state index < -0.39 is 5.41 Å². The number of nitrogens with zero attached hydrogens (tertiary/aromatic N) is 1. The minimum Gasteiger partial charge on any atom is -0.308 e. The van der Waals surface area contributed by atoms with Gasteiger partial charge in [0.05, 0.1) is 22.1 Å². The zero-order chi connectivity index (χ0) is 53.6. The van der Waals surface area contributed by atoms with Gasteiger partial charge in [-0.25, -0.2) is 0 Å². The second-order valence-electron chi connectivity index (χ2n) is 23.1. The Hall–Kier alpha value is -10.1. The Morgan fingerprint density at radius 1 is 0.272 bits per heavy atom. The monoisotopic (exact) mass is 1030 g/mol. The molecule has 2 aliphatic carbocycles. The van der Waals surface area contributed by atoms with Gasteiger partial charge >= 0.3 is 0 Å². The molecule has 0 fully saturated rings. The normalized spacial score (nSPS) is 13.8. The summed E-state index contributed by atoms with van der Waals surface area (Å²) in [5.41, 5.74) is 31.0. The van der Waals surface area contributed by atoms with Crippen molar-refractivity contribution in [2.24, 2.45) is 0 Å². The van der Waals surface area contributed by atoms with Gasteiger partial charge in [0.2, 0.25) is 0 Å². The first-order valence-corrected chi connectivity index (χ1v) is 28.5. The molecule has 17 rings (SSSR count). The lowest BCUT2D eigenvalue weighted by atomic mass is 9.67. The lowest BCUT2D eigenvalue weighted by Crippen LogP contribution is -2.28. The predicted octanol–water partition coefficient (Wildman–Crippen LogP) is 20.9. The molecule has 81 heavy (non-hydrogen) atoms. The van der Waals surface area contributed by atoms with Crippen molar-refractivity contribution in [3.05, 3.63) is 318 Å². The molecule has 378 valence electrons. The number of fused-ring (bicyclic) bond motifs is 10. The molecule has 0 radical (unpaired) electrons. The fourth-order valence-corrected chi connectivity index (χ4v) is 15.0. The van der Waals surface area contributed by atoms with E-state index >= 15 is 0 Å². The molecule has 0 amide bonds. The molecule has 0 saturated carbocycles. The highest BCUT2D eigenvalue weighted by molar-refractivity contribution is 6.19. The summed E-state index contributed by atoms with van der Waals surface area (Å²) in [6.07, 6.45) is 0.